The lowest BCUT2D eigenvalue weighted by molar-refractivity contribution is 0.676. The Labute approximate surface area is 153 Å². The van der Waals surface area contributed by atoms with E-state index >= 15 is 0 Å². The SMILES string of the molecule is C1=CNC(c2cccnc2)C(=Cc2ccc3c(c2)Cc2ccccc2-3)C1. The first-order chi connectivity index (χ1) is 12.9. The van der Waals surface area contributed by atoms with Crippen molar-refractivity contribution < 1.29 is 0 Å². The van der Waals surface area contributed by atoms with Crippen molar-refractivity contribution in [1.82, 2.24) is 10.3 Å². The summed E-state index contributed by atoms with van der Waals surface area (Å²) in [5, 5.41) is 3.48. The van der Waals surface area contributed by atoms with Crippen LogP contribution in [0.3, 0.4) is 0 Å². The van der Waals surface area contributed by atoms with Crippen molar-refractivity contribution in [1.29, 1.82) is 0 Å². The number of fused-ring (bicyclic) bond motifs is 3. The molecule has 1 aliphatic heterocycles. The van der Waals surface area contributed by atoms with E-state index in [4.69, 9.17) is 0 Å². The topological polar surface area (TPSA) is 24.9 Å². The largest absolute Gasteiger partial charge is 0.381 e. The summed E-state index contributed by atoms with van der Waals surface area (Å²) in [4.78, 5) is 4.28. The number of aromatic nitrogens is 1. The van der Waals surface area contributed by atoms with Gasteiger partial charge < -0.3 is 5.32 Å². The molecule has 1 unspecified atom stereocenters. The predicted octanol–water partition coefficient (Wildman–Crippen LogP) is 5.28. The third-order valence-corrected chi connectivity index (χ3v) is 5.29. The maximum atomic E-state index is 4.28. The molecule has 1 atom stereocenters. The van der Waals surface area contributed by atoms with Gasteiger partial charge in [-0.05, 0) is 64.1 Å². The molecule has 5 rings (SSSR count). The van der Waals surface area contributed by atoms with Gasteiger partial charge in [0.25, 0.3) is 0 Å². The van der Waals surface area contributed by atoms with Gasteiger partial charge in [0.05, 0.1) is 6.04 Å². The van der Waals surface area contributed by atoms with E-state index in [1.54, 1.807) is 0 Å². The van der Waals surface area contributed by atoms with Crippen LogP contribution in [0.15, 0.2) is 84.8 Å². The van der Waals surface area contributed by atoms with Crippen LogP contribution in [0.5, 0.6) is 0 Å². The fraction of sp³-hybridized carbons (Fsp3) is 0.125. The van der Waals surface area contributed by atoms with Crippen LogP contribution < -0.4 is 5.32 Å². The van der Waals surface area contributed by atoms with Gasteiger partial charge in [-0.25, -0.2) is 0 Å². The zero-order valence-electron chi connectivity index (χ0n) is 14.5. The minimum atomic E-state index is 0.194. The van der Waals surface area contributed by atoms with Crippen LogP contribution in [0.1, 0.15) is 34.7 Å². The van der Waals surface area contributed by atoms with Gasteiger partial charge >= 0.3 is 0 Å². The van der Waals surface area contributed by atoms with Crippen LogP contribution in [0.4, 0.5) is 0 Å². The summed E-state index contributed by atoms with van der Waals surface area (Å²) in [5.41, 5.74) is 9.48. The maximum Gasteiger partial charge on any atom is 0.0743 e. The van der Waals surface area contributed by atoms with Gasteiger partial charge in [-0.3, -0.25) is 4.98 Å². The number of allylic oxidation sites excluding steroid dienone is 1. The van der Waals surface area contributed by atoms with E-state index in [1.165, 1.54) is 39.0 Å². The van der Waals surface area contributed by atoms with Gasteiger partial charge in [0.15, 0.2) is 0 Å². The van der Waals surface area contributed by atoms with E-state index in [0.29, 0.717) is 0 Å². The fourth-order valence-corrected chi connectivity index (χ4v) is 4.05. The first-order valence-electron chi connectivity index (χ1n) is 9.11. The zero-order chi connectivity index (χ0) is 17.3. The number of benzene rings is 2. The van der Waals surface area contributed by atoms with Crippen molar-refractivity contribution in [2.45, 2.75) is 18.9 Å². The molecule has 2 aromatic carbocycles. The van der Waals surface area contributed by atoms with E-state index in [-0.39, 0.29) is 6.04 Å². The molecule has 2 heteroatoms. The smallest absolute Gasteiger partial charge is 0.0743 e. The van der Waals surface area contributed by atoms with Gasteiger partial charge in [0.2, 0.25) is 0 Å². The molecule has 1 N–H and O–H groups in total. The lowest BCUT2D eigenvalue weighted by Crippen LogP contribution is -2.20. The van der Waals surface area contributed by atoms with Gasteiger partial charge in [0, 0.05) is 12.4 Å². The molecule has 0 fully saturated rings. The molecule has 1 aliphatic carbocycles. The summed E-state index contributed by atoms with van der Waals surface area (Å²) in [6.45, 7) is 0. The highest BCUT2D eigenvalue weighted by molar-refractivity contribution is 5.78. The number of pyridine rings is 1. The highest BCUT2D eigenvalue weighted by Gasteiger charge is 2.19. The van der Waals surface area contributed by atoms with Crippen LogP contribution in [-0.2, 0) is 6.42 Å². The summed E-state index contributed by atoms with van der Waals surface area (Å²) >= 11 is 0. The van der Waals surface area contributed by atoms with Gasteiger partial charge in [0.1, 0.15) is 0 Å². The lowest BCUT2D eigenvalue weighted by Gasteiger charge is -2.24. The van der Waals surface area contributed by atoms with Crippen LogP contribution in [0, 0.1) is 0 Å². The van der Waals surface area contributed by atoms with Crippen LogP contribution >= 0.6 is 0 Å². The third kappa shape index (κ3) is 2.64. The van der Waals surface area contributed by atoms with Gasteiger partial charge in [-0.2, -0.15) is 0 Å². The zero-order valence-corrected chi connectivity index (χ0v) is 14.5. The summed E-state index contributed by atoms with van der Waals surface area (Å²) in [6.07, 6.45) is 12.3. The minimum absolute atomic E-state index is 0.194. The second-order valence-electron chi connectivity index (χ2n) is 6.96. The standard InChI is InChI=1S/C24H20N2/c1-2-8-22-18(5-1)15-21-14-17(9-10-23(21)22)13-19-6-4-12-26-24(19)20-7-3-11-25-16-20/h1-5,7-14,16,24,26H,6,15H2. The molecule has 0 bridgehead atoms. The van der Waals surface area contributed by atoms with Crippen molar-refractivity contribution in [2.24, 2.45) is 0 Å². The second kappa shape index (κ2) is 6.30. The quantitative estimate of drug-likeness (QED) is 0.538. The van der Waals surface area contributed by atoms with Crippen LogP contribution in [-0.4, -0.2) is 4.98 Å². The summed E-state index contributed by atoms with van der Waals surface area (Å²) in [7, 11) is 0. The number of hydrogen-bond acceptors (Lipinski definition) is 2. The van der Waals surface area contributed by atoms with Crippen molar-refractivity contribution in [3.05, 3.63) is 107 Å². The number of nitrogens with one attached hydrogen (secondary N) is 1. The molecule has 0 radical (unpaired) electrons. The minimum Gasteiger partial charge on any atom is -0.381 e. The van der Waals surface area contributed by atoms with E-state index in [2.05, 4.69) is 71.0 Å². The van der Waals surface area contributed by atoms with E-state index in [0.717, 1.165) is 12.8 Å². The van der Waals surface area contributed by atoms with Crippen molar-refractivity contribution in [2.75, 3.05) is 0 Å². The summed E-state index contributed by atoms with van der Waals surface area (Å²) < 4.78 is 0. The molecular formula is C24H20N2. The second-order valence-corrected chi connectivity index (χ2v) is 6.96. The summed E-state index contributed by atoms with van der Waals surface area (Å²) in [5.74, 6) is 0. The monoisotopic (exact) mass is 336 g/mol. The first-order valence-corrected chi connectivity index (χ1v) is 9.11. The normalized spacial score (nSPS) is 19.1. The molecule has 26 heavy (non-hydrogen) atoms. The Morgan fingerprint density at radius 3 is 2.81 bits per heavy atom. The van der Waals surface area contributed by atoms with Gasteiger partial charge in [-0.1, -0.05) is 60.7 Å². The lowest BCUT2D eigenvalue weighted by atomic mass is 9.93. The molecular weight excluding hydrogens is 316 g/mol. The predicted molar refractivity (Wildman–Crippen MR) is 107 cm³/mol. The van der Waals surface area contributed by atoms with Crippen LogP contribution in [0.2, 0.25) is 0 Å². The molecule has 2 heterocycles. The molecule has 3 aromatic rings. The Morgan fingerprint density at radius 2 is 1.88 bits per heavy atom. The van der Waals surface area contributed by atoms with E-state index in [1.807, 2.05) is 24.7 Å². The molecule has 126 valence electrons. The molecule has 0 saturated carbocycles. The number of hydrogen-bond donors (Lipinski definition) is 1. The number of nitrogens with zero attached hydrogens (tertiary/aromatic N) is 1. The highest BCUT2D eigenvalue weighted by Crippen LogP contribution is 2.37. The van der Waals surface area contributed by atoms with Crippen molar-refractivity contribution >= 4 is 6.08 Å². The van der Waals surface area contributed by atoms with E-state index < -0.39 is 0 Å². The molecule has 1 aromatic heterocycles. The summed E-state index contributed by atoms with van der Waals surface area (Å²) in [6, 6.07) is 19.9. The van der Waals surface area contributed by atoms with E-state index in [9.17, 15) is 0 Å². The maximum absolute atomic E-state index is 4.28. The fourth-order valence-electron chi connectivity index (χ4n) is 4.05. The Bertz CT molecular complexity index is 1020. The first kappa shape index (κ1) is 15.2. The Morgan fingerprint density at radius 1 is 0.962 bits per heavy atom. The molecule has 0 spiro atoms. The molecule has 0 amide bonds. The average molecular weight is 336 g/mol. The molecule has 2 aliphatic rings. The van der Waals surface area contributed by atoms with Crippen molar-refractivity contribution in [3.63, 3.8) is 0 Å². The molecule has 2 nitrogen and oxygen atoms in total. The Balaban J connectivity index is 1.50. The Hall–Kier alpha value is -3.13. The Kier molecular flexibility index (Phi) is 3.67. The average Bonchev–Trinajstić information content (AvgIpc) is 3.07. The van der Waals surface area contributed by atoms with Gasteiger partial charge in [-0.15, -0.1) is 0 Å². The third-order valence-electron chi connectivity index (χ3n) is 5.29. The van der Waals surface area contributed by atoms with Crippen LogP contribution in [0.25, 0.3) is 17.2 Å². The number of rotatable bonds is 2. The van der Waals surface area contributed by atoms with Crippen molar-refractivity contribution in [3.8, 4) is 11.1 Å². The highest BCUT2D eigenvalue weighted by atomic mass is 14.9. The molecule has 0 saturated heterocycles.